The summed E-state index contributed by atoms with van der Waals surface area (Å²) in [6.45, 7) is 0. The van der Waals surface area contributed by atoms with Gasteiger partial charge in [-0.1, -0.05) is 30.4 Å². The maximum absolute atomic E-state index is 3.24. The standard InChI is InChI=1S/C10H13/c1-2-4-6-8-10-9-7-5-3-1/h1-4,9H,5-8H2/b3-1-,4-2+,10-9?. The SMILES string of the molecule is [C]1=C\CC/C=C\C=C\CC/1. The monoisotopic (exact) mass is 133 g/mol. The first-order valence-electron chi connectivity index (χ1n) is 3.87. The van der Waals surface area contributed by atoms with Crippen molar-refractivity contribution in [1.29, 1.82) is 0 Å². The number of hydrogen-bond acceptors (Lipinski definition) is 0. The van der Waals surface area contributed by atoms with E-state index in [0.717, 1.165) is 25.7 Å². The second-order valence-electron chi connectivity index (χ2n) is 2.38. The van der Waals surface area contributed by atoms with Gasteiger partial charge in [-0.15, -0.1) is 0 Å². The first-order valence-corrected chi connectivity index (χ1v) is 3.87. The highest BCUT2D eigenvalue weighted by Gasteiger charge is 1.80. The zero-order chi connectivity index (χ0) is 7.07. The summed E-state index contributed by atoms with van der Waals surface area (Å²) in [6, 6.07) is 0. The van der Waals surface area contributed by atoms with Crippen molar-refractivity contribution in [3.8, 4) is 0 Å². The Labute approximate surface area is 62.9 Å². The predicted molar refractivity (Wildman–Crippen MR) is 44.6 cm³/mol. The van der Waals surface area contributed by atoms with Crippen LogP contribution in [0.25, 0.3) is 0 Å². The van der Waals surface area contributed by atoms with E-state index in [-0.39, 0.29) is 0 Å². The molecule has 0 saturated heterocycles. The van der Waals surface area contributed by atoms with Crippen LogP contribution >= 0.6 is 0 Å². The molecule has 0 heteroatoms. The number of rotatable bonds is 0. The van der Waals surface area contributed by atoms with Crippen LogP contribution in [0.15, 0.2) is 30.4 Å². The molecule has 0 amide bonds. The van der Waals surface area contributed by atoms with Crippen molar-refractivity contribution in [3.05, 3.63) is 36.5 Å². The van der Waals surface area contributed by atoms with E-state index >= 15 is 0 Å². The summed E-state index contributed by atoms with van der Waals surface area (Å²) in [4.78, 5) is 0. The Bertz CT molecular complexity index is 131. The molecular weight excluding hydrogens is 120 g/mol. The zero-order valence-corrected chi connectivity index (χ0v) is 6.22. The van der Waals surface area contributed by atoms with Crippen LogP contribution in [-0.4, -0.2) is 0 Å². The molecule has 0 fully saturated rings. The highest BCUT2D eigenvalue weighted by Crippen LogP contribution is 1.99. The summed E-state index contributed by atoms with van der Waals surface area (Å²) in [5.41, 5.74) is 0. The van der Waals surface area contributed by atoms with Gasteiger partial charge < -0.3 is 0 Å². The van der Waals surface area contributed by atoms with E-state index in [2.05, 4.69) is 36.5 Å². The average Bonchev–Trinajstić information content (AvgIpc) is 2.01. The van der Waals surface area contributed by atoms with E-state index in [4.69, 9.17) is 0 Å². The molecule has 0 aliphatic heterocycles. The third-order valence-corrected chi connectivity index (χ3v) is 1.46. The van der Waals surface area contributed by atoms with Gasteiger partial charge in [-0.3, -0.25) is 0 Å². The van der Waals surface area contributed by atoms with Crippen molar-refractivity contribution < 1.29 is 0 Å². The lowest BCUT2D eigenvalue weighted by Gasteiger charge is -1.89. The molecule has 0 N–H and O–H groups in total. The molecule has 1 radical (unpaired) electrons. The molecule has 0 saturated carbocycles. The van der Waals surface area contributed by atoms with Gasteiger partial charge >= 0.3 is 0 Å². The van der Waals surface area contributed by atoms with Gasteiger partial charge in [-0.05, 0) is 31.8 Å². The molecule has 0 bridgehead atoms. The minimum absolute atomic E-state index is 1.07. The number of hydrogen-bond donors (Lipinski definition) is 0. The Hall–Kier alpha value is -0.780. The average molecular weight is 133 g/mol. The van der Waals surface area contributed by atoms with Gasteiger partial charge in [0.15, 0.2) is 0 Å². The Kier molecular flexibility index (Phi) is 3.69. The molecule has 0 aromatic rings. The quantitative estimate of drug-likeness (QED) is 0.476. The van der Waals surface area contributed by atoms with E-state index in [0.29, 0.717) is 0 Å². The summed E-state index contributed by atoms with van der Waals surface area (Å²) in [7, 11) is 0. The van der Waals surface area contributed by atoms with E-state index < -0.39 is 0 Å². The first kappa shape index (κ1) is 7.33. The van der Waals surface area contributed by atoms with Gasteiger partial charge in [-0.2, -0.15) is 0 Å². The van der Waals surface area contributed by atoms with E-state index in [1.54, 1.807) is 0 Å². The fraction of sp³-hybridized carbons (Fsp3) is 0.400. The first-order chi connectivity index (χ1) is 5.00. The Morgan fingerprint density at radius 3 is 2.60 bits per heavy atom. The summed E-state index contributed by atoms with van der Waals surface area (Å²) in [6.07, 6.45) is 18.5. The molecule has 0 nitrogen and oxygen atoms in total. The molecule has 0 unspecified atom stereocenters. The third kappa shape index (κ3) is 3.29. The normalized spacial score (nSPS) is 28.8. The van der Waals surface area contributed by atoms with Crippen LogP contribution in [0.2, 0.25) is 0 Å². The Morgan fingerprint density at radius 2 is 1.70 bits per heavy atom. The van der Waals surface area contributed by atoms with Gasteiger partial charge in [0.25, 0.3) is 0 Å². The molecular formula is C10H13. The molecule has 1 aliphatic rings. The molecule has 0 spiro atoms. The van der Waals surface area contributed by atoms with Gasteiger partial charge in [0.05, 0.1) is 0 Å². The molecule has 0 aromatic heterocycles. The largest absolute Gasteiger partial charge is 0.0842 e. The molecule has 1 aliphatic carbocycles. The van der Waals surface area contributed by atoms with Crippen molar-refractivity contribution >= 4 is 0 Å². The van der Waals surface area contributed by atoms with Gasteiger partial charge in [-0.25, -0.2) is 0 Å². The van der Waals surface area contributed by atoms with Crippen LogP contribution in [0.5, 0.6) is 0 Å². The Balaban J connectivity index is 2.38. The van der Waals surface area contributed by atoms with Crippen LogP contribution in [0.3, 0.4) is 0 Å². The van der Waals surface area contributed by atoms with Crippen molar-refractivity contribution in [2.45, 2.75) is 25.7 Å². The summed E-state index contributed by atoms with van der Waals surface area (Å²) >= 11 is 0. The maximum atomic E-state index is 3.24. The molecule has 0 aromatic carbocycles. The minimum atomic E-state index is 1.07. The van der Waals surface area contributed by atoms with E-state index in [1.807, 2.05) is 0 Å². The smallest absolute Gasteiger partial charge is 0.0245 e. The second-order valence-corrected chi connectivity index (χ2v) is 2.38. The third-order valence-electron chi connectivity index (χ3n) is 1.46. The van der Waals surface area contributed by atoms with Crippen LogP contribution in [0.4, 0.5) is 0 Å². The van der Waals surface area contributed by atoms with Gasteiger partial charge in [0.1, 0.15) is 0 Å². The maximum Gasteiger partial charge on any atom is -0.0245 e. The van der Waals surface area contributed by atoms with E-state index in [1.165, 1.54) is 0 Å². The predicted octanol–water partition coefficient (Wildman–Crippen LogP) is 3.03. The van der Waals surface area contributed by atoms with Crippen LogP contribution in [0.1, 0.15) is 25.7 Å². The Morgan fingerprint density at radius 1 is 0.900 bits per heavy atom. The second kappa shape index (κ2) is 5.04. The highest BCUT2D eigenvalue weighted by atomic mass is 13.9. The lowest BCUT2D eigenvalue weighted by molar-refractivity contribution is 0.978. The highest BCUT2D eigenvalue weighted by molar-refractivity contribution is 5.03. The summed E-state index contributed by atoms with van der Waals surface area (Å²) in [5, 5.41) is 0. The van der Waals surface area contributed by atoms with Crippen molar-refractivity contribution in [2.75, 3.05) is 0 Å². The van der Waals surface area contributed by atoms with Crippen molar-refractivity contribution in [2.24, 2.45) is 0 Å². The van der Waals surface area contributed by atoms with Crippen LogP contribution in [0, 0.1) is 6.08 Å². The van der Waals surface area contributed by atoms with Gasteiger partial charge in [0.2, 0.25) is 0 Å². The summed E-state index contributed by atoms with van der Waals surface area (Å²) in [5.74, 6) is 0. The summed E-state index contributed by atoms with van der Waals surface area (Å²) < 4.78 is 0. The van der Waals surface area contributed by atoms with Crippen LogP contribution < -0.4 is 0 Å². The molecule has 0 atom stereocenters. The fourth-order valence-electron chi connectivity index (χ4n) is 0.900. The minimum Gasteiger partial charge on any atom is -0.0842 e. The fourth-order valence-corrected chi connectivity index (χ4v) is 0.900. The lowest BCUT2D eigenvalue weighted by atomic mass is 10.2. The topological polar surface area (TPSA) is 0 Å². The van der Waals surface area contributed by atoms with Gasteiger partial charge in [0, 0.05) is 0 Å². The van der Waals surface area contributed by atoms with Crippen LogP contribution in [-0.2, 0) is 0 Å². The molecule has 0 heterocycles. The number of allylic oxidation sites excluding steroid dienone is 6. The molecule has 1 rings (SSSR count). The molecule has 53 valence electrons. The van der Waals surface area contributed by atoms with E-state index in [9.17, 15) is 0 Å². The van der Waals surface area contributed by atoms with Crippen molar-refractivity contribution in [3.63, 3.8) is 0 Å². The zero-order valence-electron chi connectivity index (χ0n) is 6.22. The molecule has 10 heavy (non-hydrogen) atoms. The lowest BCUT2D eigenvalue weighted by Crippen LogP contribution is -1.70. The van der Waals surface area contributed by atoms with Crippen molar-refractivity contribution in [1.82, 2.24) is 0 Å².